The zero-order valence-corrected chi connectivity index (χ0v) is 10.2. The van der Waals surface area contributed by atoms with Crippen molar-refractivity contribution >= 4 is 37.5 Å². The van der Waals surface area contributed by atoms with Crippen LogP contribution in [0.2, 0.25) is 0 Å². The van der Waals surface area contributed by atoms with E-state index in [1.165, 1.54) is 0 Å². The van der Waals surface area contributed by atoms with Gasteiger partial charge in [0.25, 0.3) is 0 Å². The maximum absolute atomic E-state index is 4.14. The number of nitrogens with zero attached hydrogens (tertiary/aromatic N) is 2. The van der Waals surface area contributed by atoms with Crippen LogP contribution >= 0.6 is 27.3 Å². The molecule has 0 saturated heterocycles. The van der Waals surface area contributed by atoms with E-state index in [0.29, 0.717) is 0 Å². The van der Waals surface area contributed by atoms with Gasteiger partial charge in [-0.3, -0.25) is 0 Å². The minimum absolute atomic E-state index is 1.04. The molecular formula is C9H11BrN2S. The average molecular weight is 259 g/mol. The van der Waals surface area contributed by atoms with Crippen molar-refractivity contribution in [2.75, 3.05) is 0 Å². The SMILES string of the molecule is CC.Cc1ncnc2sc(Br)cc12. The Balaban J connectivity index is 0.000000396. The third kappa shape index (κ3) is 2.25. The third-order valence-electron chi connectivity index (χ3n) is 1.50. The molecular weight excluding hydrogens is 248 g/mol. The molecule has 70 valence electrons. The van der Waals surface area contributed by atoms with Gasteiger partial charge >= 0.3 is 0 Å². The first-order valence-corrected chi connectivity index (χ1v) is 5.75. The first kappa shape index (κ1) is 10.6. The molecule has 2 rings (SSSR count). The Bertz CT molecular complexity index is 397. The predicted octanol–water partition coefficient (Wildman–Crippen LogP) is 3.79. The summed E-state index contributed by atoms with van der Waals surface area (Å²) >= 11 is 5.04. The fourth-order valence-corrected chi connectivity index (χ4v) is 2.41. The Morgan fingerprint density at radius 1 is 1.31 bits per heavy atom. The number of aryl methyl sites for hydroxylation is 1. The van der Waals surface area contributed by atoms with Gasteiger partial charge in [-0.1, -0.05) is 13.8 Å². The van der Waals surface area contributed by atoms with Crippen molar-refractivity contribution < 1.29 is 0 Å². The van der Waals surface area contributed by atoms with Crippen LogP contribution in [0.25, 0.3) is 10.2 Å². The lowest BCUT2D eigenvalue weighted by Crippen LogP contribution is -1.81. The Morgan fingerprint density at radius 3 is 2.62 bits per heavy atom. The number of halogens is 1. The molecule has 0 aliphatic carbocycles. The number of hydrogen-bond donors (Lipinski definition) is 0. The van der Waals surface area contributed by atoms with Gasteiger partial charge in [0.1, 0.15) is 11.2 Å². The van der Waals surface area contributed by atoms with Crippen LogP contribution in [0.4, 0.5) is 0 Å². The molecule has 0 saturated carbocycles. The third-order valence-corrected chi connectivity index (χ3v) is 3.04. The Kier molecular flexibility index (Phi) is 3.81. The van der Waals surface area contributed by atoms with Crippen LogP contribution in [0.1, 0.15) is 19.5 Å². The summed E-state index contributed by atoms with van der Waals surface area (Å²) in [5.74, 6) is 0. The lowest BCUT2D eigenvalue weighted by molar-refractivity contribution is 1.16. The van der Waals surface area contributed by atoms with Gasteiger partial charge < -0.3 is 0 Å². The van der Waals surface area contributed by atoms with Gasteiger partial charge in [-0.25, -0.2) is 9.97 Å². The van der Waals surface area contributed by atoms with Gasteiger partial charge in [-0.15, -0.1) is 11.3 Å². The van der Waals surface area contributed by atoms with Crippen LogP contribution in [-0.2, 0) is 0 Å². The summed E-state index contributed by atoms with van der Waals surface area (Å²) in [5.41, 5.74) is 1.04. The largest absolute Gasteiger partial charge is 0.241 e. The Morgan fingerprint density at radius 2 is 2.00 bits per heavy atom. The molecule has 0 aliphatic heterocycles. The summed E-state index contributed by atoms with van der Waals surface area (Å²) in [6.45, 7) is 5.99. The second kappa shape index (κ2) is 4.67. The molecule has 0 aromatic carbocycles. The van der Waals surface area contributed by atoms with Crippen LogP contribution in [0.3, 0.4) is 0 Å². The average Bonchev–Trinajstić information content (AvgIpc) is 2.51. The van der Waals surface area contributed by atoms with E-state index in [1.807, 2.05) is 20.8 Å². The number of aromatic nitrogens is 2. The number of thiophene rings is 1. The summed E-state index contributed by atoms with van der Waals surface area (Å²) in [7, 11) is 0. The van der Waals surface area contributed by atoms with Crippen molar-refractivity contribution in [2.45, 2.75) is 20.8 Å². The maximum atomic E-state index is 4.14. The zero-order valence-electron chi connectivity index (χ0n) is 7.84. The van der Waals surface area contributed by atoms with Gasteiger partial charge in [0.15, 0.2) is 0 Å². The van der Waals surface area contributed by atoms with Gasteiger partial charge in [0, 0.05) is 11.1 Å². The van der Waals surface area contributed by atoms with E-state index in [-0.39, 0.29) is 0 Å². The normalized spacial score (nSPS) is 9.54. The Labute approximate surface area is 90.2 Å². The molecule has 13 heavy (non-hydrogen) atoms. The smallest absolute Gasteiger partial charge is 0.128 e. The highest BCUT2D eigenvalue weighted by Crippen LogP contribution is 2.28. The minimum atomic E-state index is 1.04. The van der Waals surface area contributed by atoms with E-state index in [4.69, 9.17) is 0 Å². The molecule has 2 nitrogen and oxygen atoms in total. The number of hydrogen-bond acceptors (Lipinski definition) is 3. The number of fused-ring (bicyclic) bond motifs is 1. The number of rotatable bonds is 0. The van der Waals surface area contributed by atoms with Crippen molar-refractivity contribution in [3.8, 4) is 0 Å². The predicted molar refractivity (Wildman–Crippen MR) is 61.2 cm³/mol. The van der Waals surface area contributed by atoms with Crippen molar-refractivity contribution in [3.63, 3.8) is 0 Å². The summed E-state index contributed by atoms with van der Waals surface area (Å²) in [5, 5.41) is 1.14. The molecule has 0 unspecified atom stereocenters. The highest BCUT2D eigenvalue weighted by molar-refractivity contribution is 9.11. The lowest BCUT2D eigenvalue weighted by Gasteiger charge is -1.89. The van der Waals surface area contributed by atoms with Crippen LogP contribution in [-0.4, -0.2) is 9.97 Å². The van der Waals surface area contributed by atoms with Gasteiger partial charge in [-0.05, 0) is 28.9 Å². The van der Waals surface area contributed by atoms with E-state index in [9.17, 15) is 0 Å². The molecule has 0 fully saturated rings. The zero-order chi connectivity index (χ0) is 9.84. The van der Waals surface area contributed by atoms with Crippen molar-refractivity contribution in [2.24, 2.45) is 0 Å². The maximum Gasteiger partial charge on any atom is 0.128 e. The molecule has 0 spiro atoms. The Hall–Kier alpha value is -0.480. The molecule has 0 bridgehead atoms. The molecule has 0 N–H and O–H groups in total. The highest BCUT2D eigenvalue weighted by atomic mass is 79.9. The van der Waals surface area contributed by atoms with E-state index in [2.05, 4.69) is 32.0 Å². The molecule has 0 amide bonds. The van der Waals surface area contributed by atoms with Crippen LogP contribution in [0, 0.1) is 6.92 Å². The monoisotopic (exact) mass is 258 g/mol. The molecule has 2 aromatic rings. The van der Waals surface area contributed by atoms with E-state index in [0.717, 1.165) is 19.7 Å². The molecule has 0 radical (unpaired) electrons. The molecule has 0 aliphatic rings. The molecule has 4 heteroatoms. The van der Waals surface area contributed by atoms with Crippen molar-refractivity contribution in [1.29, 1.82) is 0 Å². The van der Waals surface area contributed by atoms with Crippen molar-refractivity contribution in [1.82, 2.24) is 9.97 Å². The topological polar surface area (TPSA) is 25.8 Å². The molecule has 2 heterocycles. The first-order chi connectivity index (χ1) is 6.27. The van der Waals surface area contributed by atoms with Crippen molar-refractivity contribution in [3.05, 3.63) is 21.9 Å². The fourth-order valence-electron chi connectivity index (χ4n) is 0.945. The second-order valence-corrected chi connectivity index (χ2v) is 4.64. The molecule has 2 aromatic heterocycles. The standard InChI is InChI=1S/C7H5BrN2S.C2H6/c1-4-5-2-6(8)11-7(5)10-3-9-4;1-2/h2-3H,1H3;1-2H3. The van der Waals surface area contributed by atoms with E-state index >= 15 is 0 Å². The van der Waals surface area contributed by atoms with E-state index in [1.54, 1.807) is 17.7 Å². The van der Waals surface area contributed by atoms with Crippen LogP contribution < -0.4 is 0 Å². The minimum Gasteiger partial charge on any atom is -0.241 e. The van der Waals surface area contributed by atoms with E-state index < -0.39 is 0 Å². The summed E-state index contributed by atoms with van der Waals surface area (Å²) in [6.07, 6.45) is 1.60. The van der Waals surface area contributed by atoms with Gasteiger partial charge in [0.2, 0.25) is 0 Å². The summed E-state index contributed by atoms with van der Waals surface area (Å²) in [6, 6.07) is 2.05. The van der Waals surface area contributed by atoms with Crippen LogP contribution in [0.15, 0.2) is 16.2 Å². The quantitative estimate of drug-likeness (QED) is 0.719. The van der Waals surface area contributed by atoms with Gasteiger partial charge in [-0.2, -0.15) is 0 Å². The van der Waals surface area contributed by atoms with Crippen LogP contribution in [0.5, 0.6) is 0 Å². The summed E-state index contributed by atoms with van der Waals surface area (Å²) in [4.78, 5) is 9.28. The van der Waals surface area contributed by atoms with Gasteiger partial charge in [0.05, 0.1) is 3.79 Å². The second-order valence-electron chi connectivity index (χ2n) is 2.23. The first-order valence-electron chi connectivity index (χ1n) is 4.14. The fraction of sp³-hybridized carbons (Fsp3) is 0.333. The highest BCUT2D eigenvalue weighted by Gasteiger charge is 2.02. The molecule has 0 atom stereocenters. The summed E-state index contributed by atoms with van der Waals surface area (Å²) < 4.78 is 1.11. The lowest BCUT2D eigenvalue weighted by atomic mass is 10.3.